The number of non-ortho nitro benzene ring substituents is 2. The first-order chi connectivity index (χ1) is 11.5. The average Bonchev–Trinajstić information content (AvgIpc) is 2.55. The summed E-state index contributed by atoms with van der Waals surface area (Å²) in [4.78, 5) is 31.9. The predicted octanol–water partition coefficient (Wildman–Crippen LogP) is 2.20. The Balaban J connectivity index is 1.92. The zero-order valence-corrected chi connectivity index (χ0v) is 12.3. The molecule has 9 heteroatoms. The molecular weight excluding hydrogens is 316 g/mol. The first-order valence-electron chi connectivity index (χ1n) is 6.75. The molecule has 0 atom stereocenters. The number of amides is 1. The highest BCUT2D eigenvalue weighted by atomic mass is 16.6. The topological polar surface area (TPSA) is 128 Å². The zero-order chi connectivity index (χ0) is 17.5. The number of nitrogens with one attached hydrogen (secondary N) is 1. The van der Waals surface area contributed by atoms with Gasteiger partial charge in [-0.2, -0.15) is 5.10 Å². The van der Waals surface area contributed by atoms with Crippen LogP contribution in [0.4, 0.5) is 11.4 Å². The fourth-order valence-corrected chi connectivity index (χ4v) is 1.86. The van der Waals surface area contributed by atoms with Crippen LogP contribution in [0.15, 0.2) is 53.6 Å². The van der Waals surface area contributed by atoms with Gasteiger partial charge in [-0.3, -0.25) is 25.0 Å². The van der Waals surface area contributed by atoms with E-state index in [0.29, 0.717) is 11.1 Å². The maximum atomic E-state index is 11.7. The van der Waals surface area contributed by atoms with Crippen LogP contribution >= 0.6 is 0 Å². The molecule has 2 aromatic carbocycles. The van der Waals surface area contributed by atoms with Crippen molar-refractivity contribution < 1.29 is 14.6 Å². The van der Waals surface area contributed by atoms with E-state index in [-0.39, 0.29) is 17.8 Å². The van der Waals surface area contributed by atoms with E-state index in [1.807, 2.05) is 0 Å². The number of hydrazone groups is 1. The summed E-state index contributed by atoms with van der Waals surface area (Å²) in [5.41, 5.74) is 3.24. The number of hydrogen-bond acceptors (Lipinski definition) is 6. The molecule has 9 nitrogen and oxygen atoms in total. The monoisotopic (exact) mass is 328 g/mol. The van der Waals surface area contributed by atoms with Gasteiger partial charge in [-0.15, -0.1) is 0 Å². The number of carbonyl (C=O) groups excluding carboxylic acids is 1. The van der Waals surface area contributed by atoms with Crippen LogP contribution in [0, 0.1) is 20.2 Å². The summed E-state index contributed by atoms with van der Waals surface area (Å²) >= 11 is 0. The summed E-state index contributed by atoms with van der Waals surface area (Å²) in [5.74, 6) is -0.412. The van der Waals surface area contributed by atoms with Crippen LogP contribution in [0.2, 0.25) is 0 Å². The molecule has 2 aromatic rings. The molecule has 0 fully saturated rings. The van der Waals surface area contributed by atoms with Crippen LogP contribution in [-0.2, 0) is 11.2 Å². The fourth-order valence-electron chi connectivity index (χ4n) is 1.86. The van der Waals surface area contributed by atoms with Gasteiger partial charge < -0.3 is 0 Å². The Labute approximate surface area is 135 Å². The van der Waals surface area contributed by atoms with Crippen molar-refractivity contribution in [2.75, 3.05) is 0 Å². The molecule has 0 heterocycles. The molecule has 122 valence electrons. The van der Waals surface area contributed by atoms with Crippen LogP contribution in [-0.4, -0.2) is 22.0 Å². The first kappa shape index (κ1) is 16.7. The van der Waals surface area contributed by atoms with E-state index in [4.69, 9.17) is 0 Å². The standard InChI is InChI=1S/C15H12N4O5/c20-15(9-11-4-6-13(7-5-11)18(21)22)17-16-10-12-2-1-3-14(8-12)19(23)24/h1-8,10H,9H2,(H,17,20). The van der Waals surface area contributed by atoms with E-state index in [1.54, 1.807) is 6.07 Å². The summed E-state index contributed by atoms with van der Waals surface area (Å²) in [6.45, 7) is 0. The molecule has 0 saturated heterocycles. The smallest absolute Gasteiger partial charge is 0.270 e. The fraction of sp³-hybridized carbons (Fsp3) is 0.0667. The van der Waals surface area contributed by atoms with Crippen molar-refractivity contribution >= 4 is 23.5 Å². The summed E-state index contributed by atoms with van der Waals surface area (Å²) < 4.78 is 0. The number of nitro benzene ring substituents is 2. The van der Waals surface area contributed by atoms with Gasteiger partial charge >= 0.3 is 0 Å². The molecule has 0 saturated carbocycles. The molecule has 0 aliphatic rings. The maximum absolute atomic E-state index is 11.7. The molecule has 1 amide bonds. The van der Waals surface area contributed by atoms with Gasteiger partial charge in [0, 0.05) is 29.8 Å². The molecule has 0 aromatic heterocycles. The van der Waals surface area contributed by atoms with Crippen LogP contribution in [0.1, 0.15) is 11.1 Å². The van der Waals surface area contributed by atoms with Crippen molar-refractivity contribution in [1.82, 2.24) is 5.43 Å². The number of carbonyl (C=O) groups is 1. The highest BCUT2D eigenvalue weighted by Gasteiger charge is 2.07. The average molecular weight is 328 g/mol. The molecular formula is C15H12N4O5. The Morgan fingerprint density at radius 2 is 1.71 bits per heavy atom. The van der Waals surface area contributed by atoms with E-state index < -0.39 is 15.8 Å². The number of benzene rings is 2. The summed E-state index contributed by atoms with van der Waals surface area (Å²) in [7, 11) is 0. The van der Waals surface area contributed by atoms with Crippen LogP contribution in [0.3, 0.4) is 0 Å². The van der Waals surface area contributed by atoms with Crippen molar-refractivity contribution in [3.63, 3.8) is 0 Å². The third kappa shape index (κ3) is 4.70. The molecule has 1 N–H and O–H groups in total. The van der Waals surface area contributed by atoms with Gasteiger partial charge in [0.2, 0.25) is 5.91 Å². The highest BCUT2D eigenvalue weighted by molar-refractivity contribution is 5.83. The van der Waals surface area contributed by atoms with Gasteiger partial charge in [-0.05, 0) is 5.56 Å². The van der Waals surface area contributed by atoms with Crippen LogP contribution in [0.25, 0.3) is 0 Å². The quantitative estimate of drug-likeness (QED) is 0.494. The van der Waals surface area contributed by atoms with E-state index >= 15 is 0 Å². The largest absolute Gasteiger partial charge is 0.273 e. The molecule has 0 aliphatic heterocycles. The van der Waals surface area contributed by atoms with Gasteiger partial charge in [0.25, 0.3) is 11.4 Å². The summed E-state index contributed by atoms with van der Waals surface area (Å²) in [5, 5.41) is 24.9. The van der Waals surface area contributed by atoms with Gasteiger partial charge in [0.15, 0.2) is 0 Å². The Kier molecular flexibility index (Phi) is 5.29. The minimum atomic E-state index is -0.523. The predicted molar refractivity (Wildman–Crippen MR) is 85.6 cm³/mol. The number of nitrogens with zero attached hydrogens (tertiary/aromatic N) is 3. The third-order valence-electron chi connectivity index (χ3n) is 3.00. The van der Waals surface area contributed by atoms with Gasteiger partial charge in [0.05, 0.1) is 22.5 Å². The van der Waals surface area contributed by atoms with Crippen molar-refractivity contribution in [3.05, 3.63) is 79.9 Å². The van der Waals surface area contributed by atoms with E-state index in [0.717, 1.165) is 0 Å². The zero-order valence-electron chi connectivity index (χ0n) is 12.3. The lowest BCUT2D eigenvalue weighted by molar-refractivity contribution is -0.385. The molecule has 0 aliphatic carbocycles. The lowest BCUT2D eigenvalue weighted by atomic mass is 10.1. The van der Waals surface area contributed by atoms with Crippen molar-refractivity contribution in [3.8, 4) is 0 Å². The Hall–Kier alpha value is -3.62. The van der Waals surface area contributed by atoms with Gasteiger partial charge in [-0.25, -0.2) is 5.43 Å². The van der Waals surface area contributed by atoms with Gasteiger partial charge in [0.1, 0.15) is 0 Å². The number of rotatable bonds is 6. The Morgan fingerprint density at radius 1 is 1.04 bits per heavy atom. The second-order valence-corrected chi connectivity index (χ2v) is 4.75. The molecule has 0 radical (unpaired) electrons. The van der Waals surface area contributed by atoms with E-state index in [9.17, 15) is 25.0 Å². The van der Waals surface area contributed by atoms with Crippen LogP contribution < -0.4 is 5.43 Å². The lowest BCUT2D eigenvalue weighted by Gasteiger charge is -2.00. The minimum Gasteiger partial charge on any atom is -0.273 e. The first-order valence-corrected chi connectivity index (χ1v) is 6.75. The summed E-state index contributed by atoms with van der Waals surface area (Å²) in [6, 6.07) is 11.4. The van der Waals surface area contributed by atoms with E-state index in [1.165, 1.54) is 48.7 Å². The lowest BCUT2D eigenvalue weighted by Crippen LogP contribution is -2.19. The third-order valence-corrected chi connectivity index (χ3v) is 3.00. The second-order valence-electron chi connectivity index (χ2n) is 4.75. The Bertz CT molecular complexity index is 802. The number of nitro groups is 2. The van der Waals surface area contributed by atoms with Crippen molar-refractivity contribution in [2.45, 2.75) is 6.42 Å². The van der Waals surface area contributed by atoms with Crippen LogP contribution in [0.5, 0.6) is 0 Å². The SMILES string of the molecule is O=C(Cc1ccc([N+](=O)[O-])cc1)NN=Cc1cccc([N+](=O)[O-])c1. The summed E-state index contributed by atoms with van der Waals surface area (Å²) in [6.07, 6.45) is 1.30. The molecule has 0 unspecified atom stereocenters. The Morgan fingerprint density at radius 3 is 2.33 bits per heavy atom. The molecule has 2 rings (SSSR count). The normalized spacial score (nSPS) is 10.5. The molecule has 0 bridgehead atoms. The maximum Gasteiger partial charge on any atom is 0.270 e. The van der Waals surface area contributed by atoms with Crippen molar-refractivity contribution in [2.24, 2.45) is 5.10 Å². The minimum absolute atomic E-state index is 0.00424. The van der Waals surface area contributed by atoms with Gasteiger partial charge in [-0.1, -0.05) is 24.3 Å². The molecule has 24 heavy (non-hydrogen) atoms. The highest BCUT2D eigenvalue weighted by Crippen LogP contribution is 2.12. The number of hydrogen-bond donors (Lipinski definition) is 1. The molecule has 0 spiro atoms. The second kappa shape index (κ2) is 7.58. The van der Waals surface area contributed by atoms with Crippen molar-refractivity contribution in [1.29, 1.82) is 0 Å². The van der Waals surface area contributed by atoms with E-state index in [2.05, 4.69) is 10.5 Å².